The number of hydrogen-bond donors (Lipinski definition) is 2. The topological polar surface area (TPSA) is 54.9 Å². The van der Waals surface area contributed by atoms with Crippen LogP contribution in [0, 0.1) is 0 Å². The number of nitrogens with one attached hydrogen (secondary N) is 2. The monoisotopic (exact) mass is 397 g/mol. The van der Waals surface area contributed by atoms with Crippen LogP contribution in [0.2, 0.25) is 0 Å². The van der Waals surface area contributed by atoms with Crippen molar-refractivity contribution in [3.8, 4) is 0 Å². The van der Waals surface area contributed by atoms with Crippen molar-refractivity contribution in [3.05, 3.63) is 71.8 Å². The molecule has 2 aromatic rings. The fourth-order valence-electron chi connectivity index (χ4n) is 3.08. The summed E-state index contributed by atoms with van der Waals surface area (Å²) in [6, 6.07) is 21.2. The number of guanidine groups is 1. The third-order valence-electron chi connectivity index (χ3n) is 4.62. The van der Waals surface area contributed by atoms with Gasteiger partial charge in [0.15, 0.2) is 5.96 Å². The Morgan fingerprint density at radius 3 is 2.10 bits per heavy atom. The number of unbranched alkanes of at least 4 members (excludes halogenated alkanes) is 1. The lowest BCUT2D eigenvalue weighted by Gasteiger charge is -2.18. The minimum atomic E-state index is 0.238. The van der Waals surface area contributed by atoms with Crippen molar-refractivity contribution in [3.63, 3.8) is 0 Å². The maximum Gasteiger partial charge on any atom is 0.191 e. The second kappa shape index (κ2) is 14.6. The van der Waals surface area contributed by atoms with Gasteiger partial charge in [-0.15, -0.1) is 0 Å². The van der Waals surface area contributed by atoms with Gasteiger partial charge in [0.25, 0.3) is 0 Å². The molecule has 0 aliphatic rings. The maximum absolute atomic E-state index is 5.51. The van der Waals surface area contributed by atoms with Gasteiger partial charge in [-0.2, -0.15) is 0 Å². The van der Waals surface area contributed by atoms with Crippen LogP contribution in [0.25, 0.3) is 0 Å². The second-order valence-corrected chi connectivity index (χ2v) is 6.83. The highest BCUT2D eigenvalue weighted by Crippen LogP contribution is 2.24. The predicted molar refractivity (Wildman–Crippen MR) is 121 cm³/mol. The van der Waals surface area contributed by atoms with Crippen LogP contribution in [0.5, 0.6) is 0 Å². The first-order valence-electron chi connectivity index (χ1n) is 10.5. The number of methoxy groups -OCH3 is 1. The van der Waals surface area contributed by atoms with E-state index in [0.29, 0.717) is 19.8 Å². The van der Waals surface area contributed by atoms with Gasteiger partial charge >= 0.3 is 0 Å². The van der Waals surface area contributed by atoms with Gasteiger partial charge in [0.05, 0.1) is 19.8 Å². The summed E-state index contributed by atoms with van der Waals surface area (Å²) in [5, 5.41) is 6.79. The first-order chi connectivity index (χ1) is 14.3. The molecular weight excluding hydrogens is 362 g/mol. The first kappa shape index (κ1) is 22.9. The molecule has 29 heavy (non-hydrogen) atoms. The predicted octanol–water partition coefficient (Wildman–Crippen LogP) is 3.82. The Bertz CT molecular complexity index is 638. The molecule has 2 rings (SSSR count). The van der Waals surface area contributed by atoms with Crippen LogP contribution in [-0.4, -0.2) is 52.5 Å². The van der Waals surface area contributed by atoms with Gasteiger partial charge in [-0.1, -0.05) is 60.7 Å². The van der Waals surface area contributed by atoms with E-state index in [9.17, 15) is 0 Å². The van der Waals surface area contributed by atoms with Gasteiger partial charge in [0.2, 0.25) is 0 Å². The van der Waals surface area contributed by atoms with E-state index in [0.717, 1.165) is 38.5 Å². The van der Waals surface area contributed by atoms with Gasteiger partial charge in [-0.05, 0) is 30.9 Å². The average molecular weight is 398 g/mol. The highest BCUT2D eigenvalue weighted by atomic mass is 16.5. The van der Waals surface area contributed by atoms with Gasteiger partial charge < -0.3 is 20.1 Å². The van der Waals surface area contributed by atoms with Gasteiger partial charge in [-0.3, -0.25) is 4.99 Å². The lowest BCUT2D eigenvalue weighted by molar-refractivity contribution is 0.0689. The van der Waals surface area contributed by atoms with E-state index in [1.807, 2.05) is 0 Å². The third kappa shape index (κ3) is 9.11. The zero-order valence-corrected chi connectivity index (χ0v) is 17.8. The molecule has 0 radical (unpaired) electrons. The summed E-state index contributed by atoms with van der Waals surface area (Å²) in [5.74, 6) is 1.10. The molecule has 0 aromatic heterocycles. The van der Waals surface area contributed by atoms with Crippen LogP contribution in [0.4, 0.5) is 0 Å². The van der Waals surface area contributed by atoms with Crippen LogP contribution in [0.15, 0.2) is 65.7 Å². The molecule has 0 bridgehead atoms. The zero-order valence-electron chi connectivity index (χ0n) is 17.8. The summed E-state index contributed by atoms with van der Waals surface area (Å²) in [6.07, 6.45) is 2.06. The summed E-state index contributed by atoms with van der Waals surface area (Å²) < 4.78 is 10.5. The molecule has 5 nitrogen and oxygen atoms in total. The summed E-state index contributed by atoms with van der Waals surface area (Å²) >= 11 is 0. The lowest BCUT2D eigenvalue weighted by atomic mass is 9.91. The van der Waals surface area contributed by atoms with Crippen LogP contribution in [-0.2, 0) is 9.47 Å². The molecule has 0 saturated carbocycles. The Morgan fingerprint density at radius 2 is 1.52 bits per heavy atom. The smallest absolute Gasteiger partial charge is 0.191 e. The Balaban J connectivity index is 1.90. The number of ether oxygens (including phenoxy) is 2. The Hall–Kier alpha value is -2.37. The van der Waals surface area contributed by atoms with Crippen LogP contribution >= 0.6 is 0 Å². The Morgan fingerprint density at radius 1 is 0.862 bits per heavy atom. The van der Waals surface area contributed by atoms with Gasteiger partial charge in [-0.25, -0.2) is 0 Å². The molecule has 0 atom stereocenters. The average Bonchev–Trinajstić information content (AvgIpc) is 2.77. The number of aliphatic imine (C=N–C) groups is 1. The van der Waals surface area contributed by atoms with Crippen LogP contribution < -0.4 is 10.6 Å². The van der Waals surface area contributed by atoms with E-state index in [2.05, 4.69) is 78.2 Å². The fourth-order valence-corrected chi connectivity index (χ4v) is 3.08. The third-order valence-corrected chi connectivity index (χ3v) is 4.62. The largest absolute Gasteiger partial charge is 0.382 e. The Kier molecular flexibility index (Phi) is 11.5. The normalized spacial score (nSPS) is 11.6. The van der Waals surface area contributed by atoms with E-state index in [-0.39, 0.29) is 5.92 Å². The standard InChI is InChI=1S/C24H35N3O2/c1-3-25-24(26-16-10-11-17-29-19-18-28-2)27-20-23(21-12-6-4-7-13-21)22-14-8-5-9-15-22/h4-9,12-15,23H,3,10-11,16-20H2,1-2H3,(H2,25,26,27). The van der Waals surface area contributed by atoms with Crippen molar-refractivity contribution in [1.82, 2.24) is 10.6 Å². The summed E-state index contributed by atoms with van der Waals surface area (Å²) in [4.78, 5) is 4.87. The van der Waals surface area contributed by atoms with Gasteiger partial charge in [0, 0.05) is 32.7 Å². The molecule has 158 valence electrons. The van der Waals surface area contributed by atoms with Crippen molar-refractivity contribution < 1.29 is 9.47 Å². The highest BCUT2D eigenvalue weighted by molar-refractivity contribution is 5.79. The minimum absolute atomic E-state index is 0.238. The number of hydrogen-bond acceptors (Lipinski definition) is 3. The lowest BCUT2D eigenvalue weighted by Crippen LogP contribution is -2.38. The highest BCUT2D eigenvalue weighted by Gasteiger charge is 2.13. The summed E-state index contributed by atoms with van der Waals surface area (Å²) in [5.41, 5.74) is 2.57. The summed E-state index contributed by atoms with van der Waals surface area (Å²) in [7, 11) is 1.69. The van der Waals surface area contributed by atoms with E-state index in [1.54, 1.807) is 7.11 Å². The van der Waals surface area contributed by atoms with E-state index < -0.39 is 0 Å². The molecular formula is C24H35N3O2. The molecule has 0 aliphatic heterocycles. The molecule has 5 heteroatoms. The van der Waals surface area contributed by atoms with Crippen LogP contribution in [0.3, 0.4) is 0 Å². The SMILES string of the molecule is CCNC(=NCC(c1ccccc1)c1ccccc1)NCCCCOCCOC. The molecule has 0 saturated heterocycles. The molecule has 0 unspecified atom stereocenters. The van der Waals surface area contributed by atoms with Crippen molar-refractivity contribution in [2.75, 3.05) is 46.6 Å². The second-order valence-electron chi connectivity index (χ2n) is 6.83. The molecule has 2 aromatic carbocycles. The van der Waals surface area contributed by atoms with Gasteiger partial charge in [0.1, 0.15) is 0 Å². The van der Waals surface area contributed by atoms with Crippen molar-refractivity contribution in [2.45, 2.75) is 25.7 Å². The molecule has 0 fully saturated rings. The fraction of sp³-hybridized carbons (Fsp3) is 0.458. The minimum Gasteiger partial charge on any atom is -0.382 e. The van der Waals surface area contributed by atoms with Crippen molar-refractivity contribution in [2.24, 2.45) is 4.99 Å². The summed E-state index contributed by atoms with van der Waals surface area (Å²) in [6.45, 7) is 6.58. The first-order valence-corrected chi connectivity index (χ1v) is 10.5. The van der Waals surface area contributed by atoms with Crippen LogP contribution in [0.1, 0.15) is 36.8 Å². The van der Waals surface area contributed by atoms with E-state index in [1.165, 1.54) is 11.1 Å². The molecule has 0 heterocycles. The molecule has 0 spiro atoms. The molecule has 2 N–H and O–H groups in total. The maximum atomic E-state index is 5.51. The molecule has 0 amide bonds. The number of nitrogens with zero attached hydrogens (tertiary/aromatic N) is 1. The van der Waals surface area contributed by atoms with Crippen molar-refractivity contribution in [1.29, 1.82) is 0 Å². The molecule has 0 aliphatic carbocycles. The van der Waals surface area contributed by atoms with Crippen molar-refractivity contribution >= 4 is 5.96 Å². The quantitative estimate of drug-likeness (QED) is 0.307. The van der Waals surface area contributed by atoms with E-state index in [4.69, 9.17) is 14.5 Å². The zero-order chi connectivity index (χ0) is 20.6. The number of benzene rings is 2. The number of rotatable bonds is 13. The van der Waals surface area contributed by atoms with E-state index >= 15 is 0 Å². The Labute approximate surface area is 175 Å².